The summed E-state index contributed by atoms with van der Waals surface area (Å²) in [6.45, 7) is 4.81. The summed E-state index contributed by atoms with van der Waals surface area (Å²) in [5, 5.41) is 7.38. The van der Waals surface area contributed by atoms with E-state index in [-0.39, 0.29) is 5.41 Å². The van der Waals surface area contributed by atoms with Gasteiger partial charge in [0.1, 0.15) is 0 Å². The van der Waals surface area contributed by atoms with Gasteiger partial charge in [-0.05, 0) is 100 Å². The Labute approximate surface area is 367 Å². The van der Waals surface area contributed by atoms with Gasteiger partial charge in [-0.3, -0.25) is 0 Å². The van der Waals surface area contributed by atoms with Crippen molar-refractivity contribution >= 4 is 32.3 Å². The van der Waals surface area contributed by atoms with Gasteiger partial charge >= 0.3 is 0 Å². The molecule has 1 heterocycles. The van der Waals surface area contributed by atoms with E-state index in [2.05, 4.69) is 226 Å². The Morgan fingerprint density at radius 1 is 0.286 bits per heavy atom. The van der Waals surface area contributed by atoms with Gasteiger partial charge in [-0.1, -0.05) is 220 Å². The summed E-state index contributed by atoms with van der Waals surface area (Å²) in [6, 6.07) is 78.9. The van der Waals surface area contributed by atoms with Gasteiger partial charge in [0.25, 0.3) is 0 Å². The Hall–Kier alpha value is -7.94. The number of hydrogen-bond acceptors (Lipinski definition) is 2. The molecule has 10 aromatic carbocycles. The fourth-order valence-corrected chi connectivity index (χ4v) is 10.4. The first-order valence-corrected chi connectivity index (χ1v) is 21.8. The Morgan fingerprint density at radius 2 is 0.683 bits per heavy atom. The lowest BCUT2D eigenvalue weighted by molar-refractivity contribution is 0.668. The average Bonchev–Trinajstić information content (AvgIpc) is 3.60. The molecule has 0 N–H and O–H groups in total. The van der Waals surface area contributed by atoms with Crippen LogP contribution in [0.1, 0.15) is 25.0 Å². The van der Waals surface area contributed by atoms with E-state index in [1.165, 1.54) is 82.6 Å². The molecule has 0 spiro atoms. The highest BCUT2D eigenvalue weighted by Gasteiger charge is 2.39. The second-order valence-corrected chi connectivity index (χ2v) is 17.2. The first-order chi connectivity index (χ1) is 31.0. The van der Waals surface area contributed by atoms with Gasteiger partial charge in [-0.25, -0.2) is 9.97 Å². The lowest BCUT2D eigenvalue weighted by Gasteiger charge is -2.26. The maximum Gasteiger partial charge on any atom is 0.161 e. The summed E-state index contributed by atoms with van der Waals surface area (Å²) in [4.78, 5) is 10.6. The topological polar surface area (TPSA) is 25.8 Å². The summed E-state index contributed by atoms with van der Waals surface area (Å²) >= 11 is 0. The van der Waals surface area contributed by atoms with E-state index in [9.17, 15) is 0 Å². The molecule has 63 heavy (non-hydrogen) atoms. The molecule has 296 valence electrons. The van der Waals surface area contributed by atoms with Crippen molar-refractivity contribution in [1.29, 1.82) is 0 Å². The molecule has 2 heteroatoms. The van der Waals surface area contributed by atoms with Crippen LogP contribution < -0.4 is 0 Å². The van der Waals surface area contributed by atoms with Gasteiger partial charge in [0, 0.05) is 22.1 Å². The number of hydrogen-bond donors (Lipinski definition) is 0. The summed E-state index contributed by atoms with van der Waals surface area (Å²) in [6.07, 6.45) is 0. The molecule has 0 saturated heterocycles. The first-order valence-electron chi connectivity index (χ1n) is 21.8. The number of aromatic nitrogens is 2. The maximum absolute atomic E-state index is 5.31. The summed E-state index contributed by atoms with van der Waals surface area (Å²) < 4.78 is 0. The molecule has 0 fully saturated rings. The summed E-state index contributed by atoms with van der Waals surface area (Å²) in [5.41, 5.74) is 17.5. The SMILES string of the molecule is CC1(C)c2c(cccc2-c2ccc(-c3ccc(-c4nc(-c5ccccc5)cc(-c5ccc(-c6ccccc6)cc5)n4)c4ccccc34)c3ccccc23)-c2ccc3ccccc3c21. The Balaban J connectivity index is 0.995. The predicted molar refractivity (Wildman–Crippen MR) is 265 cm³/mol. The van der Waals surface area contributed by atoms with Gasteiger partial charge in [-0.15, -0.1) is 0 Å². The largest absolute Gasteiger partial charge is 0.228 e. The van der Waals surface area contributed by atoms with E-state index in [1.54, 1.807) is 0 Å². The second-order valence-electron chi connectivity index (χ2n) is 17.2. The van der Waals surface area contributed by atoms with E-state index in [0.29, 0.717) is 5.82 Å². The molecule has 11 aromatic rings. The van der Waals surface area contributed by atoms with Crippen LogP contribution >= 0.6 is 0 Å². The molecular weight excluding hydrogens is 761 g/mol. The standard InChI is InChI=1S/C61H42N2/c1-61(2)58-44-21-10-9-18-41(44)32-33-54(58)53-27-15-26-52(59(53)61)51-35-34-49(45-22-11-12-23-46(45)51)50-36-37-55(48-25-14-13-24-47(48)50)60-62-56(42-19-7-4-8-20-42)38-57(63-60)43-30-28-40(29-31-43)39-16-5-3-6-17-39/h3-38H,1-2H3. The quantitative estimate of drug-likeness (QED) is 0.167. The molecule has 0 radical (unpaired) electrons. The fourth-order valence-electron chi connectivity index (χ4n) is 10.4. The van der Waals surface area contributed by atoms with Crippen molar-refractivity contribution in [2.75, 3.05) is 0 Å². The molecule has 2 nitrogen and oxygen atoms in total. The molecule has 0 unspecified atom stereocenters. The van der Waals surface area contributed by atoms with Crippen molar-refractivity contribution in [3.05, 3.63) is 230 Å². The van der Waals surface area contributed by atoms with Crippen LogP contribution in [0, 0.1) is 0 Å². The molecule has 1 aliphatic rings. The molecule has 0 atom stereocenters. The lowest BCUT2D eigenvalue weighted by atomic mass is 9.76. The van der Waals surface area contributed by atoms with E-state index in [1.807, 2.05) is 6.07 Å². The summed E-state index contributed by atoms with van der Waals surface area (Å²) in [5.74, 6) is 0.704. The van der Waals surface area contributed by atoms with Crippen molar-refractivity contribution in [2.45, 2.75) is 19.3 Å². The van der Waals surface area contributed by atoms with Gasteiger partial charge in [0.05, 0.1) is 11.4 Å². The van der Waals surface area contributed by atoms with Crippen LogP contribution in [0.15, 0.2) is 218 Å². The molecule has 12 rings (SSSR count). The minimum atomic E-state index is -0.181. The minimum Gasteiger partial charge on any atom is -0.228 e. The lowest BCUT2D eigenvalue weighted by Crippen LogP contribution is -2.17. The van der Waals surface area contributed by atoms with Gasteiger partial charge < -0.3 is 0 Å². The van der Waals surface area contributed by atoms with Crippen LogP contribution in [0.2, 0.25) is 0 Å². The average molecular weight is 803 g/mol. The van der Waals surface area contributed by atoms with Crippen molar-refractivity contribution < 1.29 is 0 Å². The minimum absolute atomic E-state index is 0.181. The zero-order valence-electron chi connectivity index (χ0n) is 35.2. The molecule has 1 aliphatic carbocycles. The molecule has 0 amide bonds. The normalized spacial score (nSPS) is 12.7. The zero-order chi connectivity index (χ0) is 42.1. The Kier molecular flexibility index (Phi) is 8.55. The smallest absolute Gasteiger partial charge is 0.161 e. The summed E-state index contributed by atoms with van der Waals surface area (Å²) in [7, 11) is 0. The number of rotatable bonds is 6. The van der Waals surface area contributed by atoms with Crippen molar-refractivity contribution in [2.24, 2.45) is 0 Å². The molecule has 0 bridgehead atoms. The van der Waals surface area contributed by atoms with Gasteiger partial charge in [0.15, 0.2) is 5.82 Å². The third-order valence-corrected chi connectivity index (χ3v) is 13.3. The van der Waals surface area contributed by atoms with Gasteiger partial charge in [0.2, 0.25) is 0 Å². The van der Waals surface area contributed by atoms with E-state index >= 15 is 0 Å². The predicted octanol–water partition coefficient (Wildman–Crippen LogP) is 16.2. The van der Waals surface area contributed by atoms with Crippen molar-refractivity contribution in [3.8, 4) is 78.4 Å². The highest BCUT2D eigenvalue weighted by atomic mass is 14.9. The van der Waals surface area contributed by atoms with E-state index < -0.39 is 0 Å². The molecular formula is C61H42N2. The number of fused-ring (bicyclic) bond motifs is 7. The highest BCUT2D eigenvalue weighted by Crippen LogP contribution is 2.55. The zero-order valence-corrected chi connectivity index (χ0v) is 35.2. The molecule has 1 aromatic heterocycles. The third kappa shape index (κ3) is 6.02. The van der Waals surface area contributed by atoms with E-state index in [0.717, 1.165) is 33.5 Å². The van der Waals surface area contributed by atoms with Crippen LogP contribution in [-0.2, 0) is 5.41 Å². The van der Waals surface area contributed by atoms with Crippen LogP contribution in [-0.4, -0.2) is 9.97 Å². The monoisotopic (exact) mass is 802 g/mol. The van der Waals surface area contributed by atoms with Crippen LogP contribution in [0.4, 0.5) is 0 Å². The van der Waals surface area contributed by atoms with Crippen molar-refractivity contribution in [1.82, 2.24) is 9.97 Å². The highest BCUT2D eigenvalue weighted by molar-refractivity contribution is 6.13. The second kappa shape index (κ2) is 14.6. The van der Waals surface area contributed by atoms with E-state index in [4.69, 9.17) is 9.97 Å². The molecule has 0 aliphatic heterocycles. The Bertz CT molecular complexity index is 3570. The first kappa shape index (κ1) is 36.9. The maximum atomic E-state index is 5.31. The van der Waals surface area contributed by atoms with Crippen LogP contribution in [0.25, 0.3) is 111 Å². The van der Waals surface area contributed by atoms with Gasteiger partial charge in [-0.2, -0.15) is 0 Å². The third-order valence-electron chi connectivity index (χ3n) is 13.3. The fraction of sp³-hybridized carbons (Fsp3) is 0.0492. The van der Waals surface area contributed by atoms with Crippen molar-refractivity contribution in [3.63, 3.8) is 0 Å². The van der Waals surface area contributed by atoms with Crippen LogP contribution in [0.3, 0.4) is 0 Å². The Morgan fingerprint density at radius 3 is 1.29 bits per heavy atom. The van der Waals surface area contributed by atoms with Crippen LogP contribution in [0.5, 0.6) is 0 Å². The number of benzene rings is 10. The number of nitrogens with zero attached hydrogens (tertiary/aromatic N) is 2. The molecule has 0 saturated carbocycles.